The number of nitriles is 3. The van der Waals surface area contributed by atoms with Gasteiger partial charge in [0.05, 0.1) is 23.4 Å². The lowest BCUT2D eigenvalue weighted by atomic mass is 9.56. The molecule has 25 heavy (non-hydrogen) atoms. The van der Waals surface area contributed by atoms with Crippen LogP contribution < -0.4 is 5.73 Å². The van der Waals surface area contributed by atoms with Crippen LogP contribution in [-0.4, -0.2) is 24.0 Å². The summed E-state index contributed by atoms with van der Waals surface area (Å²) >= 11 is 1.55. The molecule has 6 heteroatoms. The van der Waals surface area contributed by atoms with E-state index in [4.69, 9.17) is 5.73 Å². The lowest BCUT2D eigenvalue weighted by Crippen LogP contribution is -2.51. The van der Waals surface area contributed by atoms with E-state index in [0.717, 1.165) is 24.0 Å². The summed E-state index contributed by atoms with van der Waals surface area (Å²) in [4.78, 5) is 2.32. The lowest BCUT2D eigenvalue weighted by Gasteiger charge is -2.48. The normalized spacial score (nSPS) is 33.0. The van der Waals surface area contributed by atoms with Crippen molar-refractivity contribution >= 4 is 11.3 Å². The molecule has 1 aromatic rings. The number of hydrogen-bond acceptors (Lipinski definition) is 6. The third-order valence-corrected chi connectivity index (χ3v) is 6.83. The van der Waals surface area contributed by atoms with E-state index in [2.05, 4.69) is 36.2 Å². The molecule has 0 spiro atoms. The van der Waals surface area contributed by atoms with Crippen LogP contribution in [0.3, 0.4) is 0 Å². The molecule has 1 fully saturated rings. The first-order valence-corrected chi connectivity index (χ1v) is 9.22. The maximum Gasteiger partial charge on any atom is 0.191 e. The average molecular weight is 347 g/mol. The molecule has 2 bridgehead atoms. The lowest BCUT2D eigenvalue weighted by molar-refractivity contribution is 0.161. The quantitative estimate of drug-likeness (QED) is 0.841. The van der Waals surface area contributed by atoms with Gasteiger partial charge in [-0.3, -0.25) is 4.90 Å². The second-order valence-corrected chi connectivity index (χ2v) is 7.77. The maximum atomic E-state index is 9.99. The highest BCUT2D eigenvalue weighted by atomic mass is 32.1. The van der Waals surface area contributed by atoms with Crippen molar-refractivity contribution in [2.45, 2.75) is 30.8 Å². The van der Waals surface area contributed by atoms with Gasteiger partial charge in [0.25, 0.3) is 0 Å². The topological polar surface area (TPSA) is 101 Å². The Balaban J connectivity index is 2.05. The molecular weight excluding hydrogens is 330 g/mol. The first kappa shape index (κ1) is 15.9. The molecule has 0 aromatic carbocycles. The zero-order valence-corrected chi connectivity index (χ0v) is 14.6. The van der Waals surface area contributed by atoms with Gasteiger partial charge in [-0.1, -0.05) is 6.08 Å². The molecule has 2 aliphatic heterocycles. The minimum Gasteiger partial charge on any atom is -0.399 e. The summed E-state index contributed by atoms with van der Waals surface area (Å²) in [6.45, 7) is 0. The standard InChI is InChI=1S/C19H17N5S/c1-24-12-2-3-15(24)16-13(6-12)14(7-20)18(23)19(9-21,10-22)17(16)11-4-5-25-8-11/h4-6,8,12,15-17H,2-3,23H2,1H3/t12-,15-,16-,17+/m1/s1. The number of allylic oxidation sites excluding steroid dienone is 2. The molecule has 1 saturated heterocycles. The van der Waals surface area contributed by atoms with Crippen LogP contribution in [0.2, 0.25) is 0 Å². The fourth-order valence-electron chi connectivity index (χ4n) is 4.91. The molecule has 5 nitrogen and oxygen atoms in total. The molecule has 4 rings (SSSR count). The van der Waals surface area contributed by atoms with E-state index >= 15 is 0 Å². The highest BCUT2D eigenvalue weighted by Gasteiger charge is 2.58. The van der Waals surface area contributed by atoms with Gasteiger partial charge < -0.3 is 5.73 Å². The van der Waals surface area contributed by atoms with Crippen molar-refractivity contribution in [1.29, 1.82) is 15.8 Å². The Bertz CT molecular complexity index is 891. The van der Waals surface area contributed by atoms with E-state index in [1.807, 2.05) is 16.8 Å². The second-order valence-electron chi connectivity index (χ2n) is 6.99. The van der Waals surface area contributed by atoms with E-state index in [-0.39, 0.29) is 23.6 Å². The molecule has 0 unspecified atom stereocenters. The van der Waals surface area contributed by atoms with Crippen molar-refractivity contribution in [3.05, 3.63) is 45.3 Å². The van der Waals surface area contributed by atoms with Gasteiger partial charge in [0.2, 0.25) is 0 Å². The first-order chi connectivity index (χ1) is 12.1. The Morgan fingerprint density at radius 3 is 2.64 bits per heavy atom. The van der Waals surface area contributed by atoms with Crippen LogP contribution in [0.15, 0.2) is 39.7 Å². The molecule has 3 aliphatic rings. The molecule has 1 aromatic heterocycles. The maximum absolute atomic E-state index is 9.99. The monoisotopic (exact) mass is 347 g/mol. The van der Waals surface area contributed by atoms with Crippen molar-refractivity contribution in [2.24, 2.45) is 17.1 Å². The number of rotatable bonds is 1. The van der Waals surface area contributed by atoms with Gasteiger partial charge in [0.1, 0.15) is 6.07 Å². The summed E-state index contributed by atoms with van der Waals surface area (Å²) in [5, 5.41) is 33.7. The highest BCUT2D eigenvalue weighted by molar-refractivity contribution is 7.08. The van der Waals surface area contributed by atoms with Crippen molar-refractivity contribution in [2.75, 3.05) is 7.05 Å². The summed E-state index contributed by atoms with van der Waals surface area (Å²) in [5.41, 5.74) is 7.14. The van der Waals surface area contributed by atoms with Gasteiger partial charge in [-0.2, -0.15) is 27.1 Å². The van der Waals surface area contributed by atoms with Crippen LogP contribution in [0.1, 0.15) is 24.3 Å². The Labute approximate surface area is 150 Å². The minimum absolute atomic E-state index is 0.0698. The summed E-state index contributed by atoms with van der Waals surface area (Å²) in [6.07, 6.45) is 4.16. The summed E-state index contributed by atoms with van der Waals surface area (Å²) < 4.78 is 0. The summed E-state index contributed by atoms with van der Waals surface area (Å²) in [5.74, 6) is -0.428. The zero-order valence-electron chi connectivity index (χ0n) is 13.8. The van der Waals surface area contributed by atoms with E-state index in [9.17, 15) is 15.8 Å². The highest BCUT2D eigenvalue weighted by Crippen LogP contribution is 2.58. The number of thiophene rings is 1. The second kappa shape index (κ2) is 5.46. The predicted molar refractivity (Wildman–Crippen MR) is 93.7 cm³/mol. The van der Waals surface area contributed by atoms with Crippen molar-refractivity contribution in [1.82, 2.24) is 4.90 Å². The Hall–Kier alpha value is -2.59. The number of fused-ring (bicyclic) bond motifs is 4. The molecule has 3 heterocycles. The van der Waals surface area contributed by atoms with Crippen LogP contribution in [0.4, 0.5) is 0 Å². The summed E-state index contributed by atoms with van der Waals surface area (Å²) in [6, 6.07) is 9.06. The van der Waals surface area contributed by atoms with Gasteiger partial charge in [-0.15, -0.1) is 0 Å². The molecule has 4 atom stereocenters. The molecule has 0 saturated carbocycles. The Morgan fingerprint density at radius 2 is 2.04 bits per heavy atom. The van der Waals surface area contributed by atoms with E-state index < -0.39 is 5.41 Å². The van der Waals surface area contributed by atoms with Crippen LogP contribution >= 0.6 is 11.3 Å². The van der Waals surface area contributed by atoms with E-state index in [0.29, 0.717) is 11.6 Å². The van der Waals surface area contributed by atoms with Gasteiger partial charge >= 0.3 is 0 Å². The number of nitrogens with two attached hydrogens (primary N) is 1. The van der Waals surface area contributed by atoms with Crippen LogP contribution in [0, 0.1) is 45.3 Å². The van der Waals surface area contributed by atoms with Gasteiger partial charge in [-0.25, -0.2) is 0 Å². The fourth-order valence-corrected chi connectivity index (χ4v) is 5.61. The van der Waals surface area contributed by atoms with Crippen LogP contribution in [0.5, 0.6) is 0 Å². The van der Waals surface area contributed by atoms with Crippen LogP contribution in [0.25, 0.3) is 0 Å². The van der Waals surface area contributed by atoms with Gasteiger partial charge in [0.15, 0.2) is 5.41 Å². The molecule has 0 radical (unpaired) electrons. The predicted octanol–water partition coefficient (Wildman–Crippen LogP) is 2.63. The Morgan fingerprint density at radius 1 is 1.28 bits per heavy atom. The van der Waals surface area contributed by atoms with Crippen LogP contribution in [-0.2, 0) is 0 Å². The zero-order chi connectivity index (χ0) is 17.8. The van der Waals surface area contributed by atoms with E-state index in [1.165, 1.54) is 0 Å². The number of nitrogens with zero attached hydrogens (tertiary/aromatic N) is 4. The molecule has 124 valence electrons. The Kier molecular flexibility index (Phi) is 3.48. The molecular formula is C19H17N5S. The third-order valence-electron chi connectivity index (χ3n) is 6.13. The van der Waals surface area contributed by atoms with Crippen molar-refractivity contribution in [3.63, 3.8) is 0 Å². The van der Waals surface area contributed by atoms with E-state index in [1.54, 1.807) is 11.3 Å². The largest absolute Gasteiger partial charge is 0.399 e. The smallest absolute Gasteiger partial charge is 0.191 e. The average Bonchev–Trinajstić information content (AvgIpc) is 3.21. The van der Waals surface area contributed by atoms with Crippen molar-refractivity contribution < 1.29 is 0 Å². The third kappa shape index (κ3) is 1.89. The number of hydrogen-bond donors (Lipinski definition) is 1. The molecule has 1 aliphatic carbocycles. The number of likely N-dealkylation sites (N-methyl/N-ethyl adjacent to an activating group) is 1. The van der Waals surface area contributed by atoms with Gasteiger partial charge in [0, 0.05) is 23.9 Å². The SMILES string of the molecule is CN1[C@@H]2CC[C@@H]1C=C1C(C#N)=C(N)C(C#N)(C#N)[C@@H](c3ccsc3)[C@H]12. The summed E-state index contributed by atoms with van der Waals surface area (Å²) in [7, 11) is 2.09. The van der Waals surface area contributed by atoms with Crippen molar-refractivity contribution in [3.8, 4) is 18.2 Å². The molecule has 0 amide bonds. The van der Waals surface area contributed by atoms with Gasteiger partial charge in [-0.05, 0) is 47.9 Å². The first-order valence-electron chi connectivity index (χ1n) is 8.28. The fraction of sp³-hybridized carbons (Fsp3) is 0.421. The minimum atomic E-state index is -1.51. The molecule has 2 N–H and O–H groups in total.